The Balaban J connectivity index is 1.85. The van der Waals surface area contributed by atoms with Crippen LogP contribution in [0.5, 0.6) is 0 Å². The van der Waals surface area contributed by atoms with Crippen LogP contribution in [0.3, 0.4) is 0 Å². The van der Waals surface area contributed by atoms with Gasteiger partial charge in [-0.05, 0) is 55.9 Å². The summed E-state index contributed by atoms with van der Waals surface area (Å²) in [5.41, 5.74) is -1.32. The molecule has 0 aliphatic carbocycles. The molecule has 2 aliphatic rings. The Kier molecular flexibility index (Phi) is 10.0. The number of hydrogen-bond donors (Lipinski definition) is 3. The minimum absolute atomic E-state index is 0.158. The van der Waals surface area contributed by atoms with Gasteiger partial charge in [0.15, 0.2) is 0 Å². The highest BCUT2D eigenvalue weighted by Gasteiger charge is 2.53. The minimum Gasteiger partial charge on any atom is -0.480 e. The van der Waals surface area contributed by atoms with Crippen molar-refractivity contribution in [1.29, 1.82) is 0 Å². The molecule has 10 heteroatoms. The lowest BCUT2D eigenvalue weighted by molar-refractivity contribution is -0.176. The van der Waals surface area contributed by atoms with Crippen molar-refractivity contribution in [2.45, 2.75) is 64.2 Å². The number of benzene rings is 1. The summed E-state index contributed by atoms with van der Waals surface area (Å²) in [7, 11) is 0. The molecule has 1 aromatic carbocycles. The van der Waals surface area contributed by atoms with Gasteiger partial charge in [0.2, 0.25) is 0 Å². The summed E-state index contributed by atoms with van der Waals surface area (Å²) >= 11 is 0. The molecule has 3 rings (SSSR count). The third-order valence-corrected chi connectivity index (χ3v) is 5.91. The zero-order chi connectivity index (χ0) is 25.1. The highest BCUT2D eigenvalue weighted by Crippen LogP contribution is 2.27. The van der Waals surface area contributed by atoms with E-state index >= 15 is 0 Å². The van der Waals surface area contributed by atoms with Gasteiger partial charge in [-0.25, -0.2) is 9.59 Å². The molecule has 0 aromatic heterocycles. The van der Waals surface area contributed by atoms with Crippen molar-refractivity contribution >= 4 is 29.8 Å². The lowest BCUT2D eigenvalue weighted by Crippen LogP contribution is -2.46. The van der Waals surface area contributed by atoms with Gasteiger partial charge in [0.25, 0.3) is 5.41 Å². The third kappa shape index (κ3) is 6.79. The Morgan fingerprint density at radius 2 is 1.29 bits per heavy atom. The molecule has 1 aromatic rings. The van der Waals surface area contributed by atoms with Gasteiger partial charge in [0, 0.05) is 0 Å². The van der Waals surface area contributed by atoms with E-state index in [-0.39, 0.29) is 19.6 Å². The van der Waals surface area contributed by atoms with Gasteiger partial charge in [-0.2, -0.15) is 0 Å². The monoisotopic (exact) mass is 478 g/mol. The van der Waals surface area contributed by atoms with E-state index in [2.05, 4.69) is 0 Å². The van der Waals surface area contributed by atoms with Crippen molar-refractivity contribution in [3.63, 3.8) is 0 Å². The van der Waals surface area contributed by atoms with Gasteiger partial charge in [-0.15, -0.1) is 0 Å². The number of ether oxygens (including phenoxy) is 2. The molecular formula is C24H30O10. The van der Waals surface area contributed by atoms with Gasteiger partial charge in [-0.3, -0.25) is 14.4 Å². The maximum absolute atomic E-state index is 12.4. The third-order valence-electron chi connectivity index (χ3n) is 5.91. The molecule has 2 heterocycles. The van der Waals surface area contributed by atoms with E-state index in [4.69, 9.17) is 24.8 Å². The van der Waals surface area contributed by atoms with Gasteiger partial charge in [0.1, 0.15) is 0 Å². The summed E-state index contributed by atoms with van der Waals surface area (Å²) in [6.45, 7) is 0.518. The zero-order valence-corrected chi connectivity index (χ0v) is 18.9. The number of unbranched alkanes of at least 4 members (excludes halogenated alkanes) is 5. The normalized spacial score (nSPS) is 14.5. The Bertz CT molecular complexity index is 884. The van der Waals surface area contributed by atoms with Crippen LogP contribution in [0.15, 0.2) is 18.2 Å². The van der Waals surface area contributed by atoms with Crippen LogP contribution in [-0.4, -0.2) is 58.4 Å². The van der Waals surface area contributed by atoms with E-state index in [0.717, 1.165) is 19.3 Å². The number of rotatable bonds is 12. The Morgan fingerprint density at radius 1 is 0.765 bits per heavy atom. The largest absolute Gasteiger partial charge is 0.480 e. The van der Waals surface area contributed by atoms with Crippen LogP contribution in [0, 0.1) is 5.41 Å². The van der Waals surface area contributed by atoms with Crippen LogP contribution in [0.2, 0.25) is 0 Å². The van der Waals surface area contributed by atoms with Crippen molar-refractivity contribution in [3.8, 4) is 0 Å². The Labute approximate surface area is 196 Å². The molecule has 0 fully saturated rings. The molecule has 0 amide bonds. The van der Waals surface area contributed by atoms with E-state index < -0.39 is 41.7 Å². The minimum atomic E-state index is -2.82. The first-order valence-corrected chi connectivity index (χ1v) is 11.4. The molecule has 34 heavy (non-hydrogen) atoms. The van der Waals surface area contributed by atoms with Crippen LogP contribution in [0.4, 0.5) is 0 Å². The molecule has 2 aliphatic heterocycles. The molecule has 0 radical (unpaired) electrons. The molecule has 0 atom stereocenters. The van der Waals surface area contributed by atoms with Gasteiger partial charge in [-0.1, -0.05) is 32.1 Å². The molecule has 0 saturated carbocycles. The van der Waals surface area contributed by atoms with E-state index in [1.807, 2.05) is 0 Å². The molecule has 0 saturated heterocycles. The number of aliphatic carboxylic acids is 3. The first-order chi connectivity index (χ1) is 16.2. The fraction of sp³-hybridized carbons (Fsp3) is 0.542. The van der Waals surface area contributed by atoms with Gasteiger partial charge < -0.3 is 24.8 Å². The predicted molar refractivity (Wildman–Crippen MR) is 118 cm³/mol. The summed E-state index contributed by atoms with van der Waals surface area (Å²) < 4.78 is 10.5. The van der Waals surface area contributed by atoms with E-state index in [1.165, 1.54) is 0 Å². The number of hydrogen-bond acceptors (Lipinski definition) is 7. The molecular weight excluding hydrogens is 448 g/mol. The molecule has 2 bridgehead atoms. The molecule has 0 spiro atoms. The van der Waals surface area contributed by atoms with Crippen LogP contribution >= 0.6 is 0 Å². The highest BCUT2D eigenvalue weighted by molar-refractivity contribution is 6.16. The summed E-state index contributed by atoms with van der Waals surface area (Å²) in [5, 5.41) is 27.3. The number of esters is 2. The second kappa shape index (κ2) is 12.7. The van der Waals surface area contributed by atoms with Gasteiger partial charge in [0.05, 0.1) is 24.3 Å². The predicted octanol–water partition coefficient (Wildman–Crippen LogP) is 3.31. The van der Waals surface area contributed by atoms with Crippen molar-refractivity contribution in [3.05, 3.63) is 34.9 Å². The van der Waals surface area contributed by atoms with Crippen LogP contribution in [-0.2, 0) is 30.3 Å². The summed E-state index contributed by atoms with van der Waals surface area (Å²) in [5.74, 6) is -6.48. The Morgan fingerprint density at radius 3 is 1.88 bits per heavy atom. The molecule has 186 valence electrons. The summed E-state index contributed by atoms with van der Waals surface area (Å²) in [6.07, 6.45) is 4.89. The smallest absolute Gasteiger partial charge is 0.338 e. The number of carboxylic acid groups (broad SMARTS) is 3. The zero-order valence-electron chi connectivity index (χ0n) is 18.9. The first-order valence-electron chi connectivity index (χ1n) is 11.4. The maximum Gasteiger partial charge on any atom is 0.338 e. The summed E-state index contributed by atoms with van der Waals surface area (Å²) in [6, 6.07) is 4.79. The molecule has 0 unspecified atom stereocenters. The number of carbonyl (C=O) groups is 5. The highest BCUT2D eigenvalue weighted by atomic mass is 16.5. The summed E-state index contributed by atoms with van der Waals surface area (Å²) in [4.78, 5) is 58.3. The van der Waals surface area contributed by atoms with Crippen LogP contribution in [0.25, 0.3) is 0 Å². The second-order valence-electron chi connectivity index (χ2n) is 8.29. The number of aryl methyl sites for hydroxylation is 1. The Hall–Kier alpha value is -3.43. The average Bonchev–Trinajstić information content (AvgIpc) is 2.78. The van der Waals surface area contributed by atoms with Crippen molar-refractivity contribution < 1.29 is 48.8 Å². The maximum atomic E-state index is 12.4. The lowest BCUT2D eigenvalue weighted by Gasteiger charge is -2.19. The fourth-order valence-corrected chi connectivity index (χ4v) is 3.83. The average molecular weight is 478 g/mol. The quantitative estimate of drug-likeness (QED) is 0.230. The van der Waals surface area contributed by atoms with E-state index in [0.29, 0.717) is 48.8 Å². The first kappa shape index (κ1) is 26.8. The molecule has 3 N–H and O–H groups in total. The topological polar surface area (TPSA) is 164 Å². The fourth-order valence-electron chi connectivity index (χ4n) is 3.83. The second-order valence-corrected chi connectivity index (χ2v) is 8.29. The van der Waals surface area contributed by atoms with E-state index in [1.54, 1.807) is 18.2 Å². The number of fused-ring (bicyclic) bond motifs is 9. The van der Waals surface area contributed by atoms with Crippen molar-refractivity contribution in [2.24, 2.45) is 5.41 Å². The van der Waals surface area contributed by atoms with Crippen molar-refractivity contribution in [1.82, 2.24) is 0 Å². The van der Waals surface area contributed by atoms with Crippen molar-refractivity contribution in [2.75, 3.05) is 13.2 Å². The number of carbonyl (C=O) groups excluding carboxylic acids is 2. The van der Waals surface area contributed by atoms with E-state index in [9.17, 15) is 24.0 Å². The standard InChI is InChI=1S/C24H30O10/c25-19-17-10-11-18(20(26)34-14-8-7-13-33-19)16(15-17)9-5-3-1-2-4-6-12-24(21(27)28,22(29)30)23(31)32/h10-11,15H,1-9,12-14H2,(H,27,28)(H,29,30)(H,31,32). The number of carboxylic acids is 3. The SMILES string of the molecule is O=C1OCCCCOC(=O)c2ccc1cc2CCCCCCCCC(C(=O)O)(C(=O)O)C(=O)O. The van der Waals surface area contributed by atoms with Gasteiger partial charge >= 0.3 is 29.8 Å². The molecule has 10 nitrogen and oxygen atoms in total. The van der Waals surface area contributed by atoms with Crippen LogP contribution < -0.4 is 0 Å². The van der Waals surface area contributed by atoms with Crippen LogP contribution in [0.1, 0.15) is 84.1 Å². The lowest BCUT2D eigenvalue weighted by atomic mass is 9.82.